The third-order valence-corrected chi connectivity index (χ3v) is 28.8. The Hall–Kier alpha value is -11.0. The smallest absolute Gasteiger partial charge is 0.252 e. The average Bonchev–Trinajstić information content (AvgIpc) is 0.878. The first-order chi connectivity index (χ1) is 44.7. The number of rotatable bonds is 12. The van der Waals surface area contributed by atoms with Gasteiger partial charge in [-0.1, -0.05) is 303 Å². The molecule has 0 atom stereocenters. The van der Waals surface area contributed by atoms with E-state index in [4.69, 9.17) is 0 Å². The predicted molar refractivity (Wildman–Crippen MR) is 387 cm³/mol. The molecule has 0 fully saturated rings. The molecule has 3 nitrogen and oxygen atoms in total. The number of nitrogens with zero attached hydrogens (tertiary/aromatic N) is 3. The van der Waals surface area contributed by atoms with E-state index in [-0.39, 0.29) is 6.71 Å². The third kappa shape index (κ3) is 8.33. The molecular formula is C84H60BN3Si2. The predicted octanol–water partition coefficient (Wildman–Crippen LogP) is 13.3. The number of hydrogen-bond acceptors (Lipinski definition) is 2. The molecule has 2 aliphatic rings. The number of para-hydroxylation sites is 3. The van der Waals surface area contributed by atoms with Gasteiger partial charge in [-0.3, -0.25) is 0 Å². The largest absolute Gasteiger partial charge is 0.311 e. The number of fused-ring (bicyclic) bond motifs is 7. The van der Waals surface area contributed by atoms with Crippen LogP contribution in [0.3, 0.4) is 0 Å². The highest BCUT2D eigenvalue weighted by Crippen LogP contribution is 2.47. The maximum atomic E-state index is 2.68. The Morgan fingerprint density at radius 2 is 0.578 bits per heavy atom. The molecule has 0 saturated heterocycles. The summed E-state index contributed by atoms with van der Waals surface area (Å²) in [4.78, 5) is 5.25. The molecule has 90 heavy (non-hydrogen) atoms. The first-order valence-electron chi connectivity index (χ1n) is 31.3. The normalized spacial score (nSPS) is 12.6. The molecular weight excluding hydrogens is 1120 g/mol. The van der Waals surface area contributed by atoms with E-state index in [1.165, 1.54) is 91.2 Å². The van der Waals surface area contributed by atoms with E-state index in [0.717, 1.165) is 39.5 Å². The zero-order valence-corrected chi connectivity index (χ0v) is 51.6. The molecule has 17 rings (SSSR count). The zero-order chi connectivity index (χ0) is 59.6. The van der Waals surface area contributed by atoms with Crippen LogP contribution in [0.4, 0.5) is 34.1 Å². The summed E-state index contributed by atoms with van der Waals surface area (Å²) in [5.74, 6) is 0. The van der Waals surface area contributed by atoms with Crippen molar-refractivity contribution in [2.24, 2.45) is 0 Å². The first kappa shape index (κ1) is 53.2. The van der Waals surface area contributed by atoms with E-state index in [9.17, 15) is 0 Å². The van der Waals surface area contributed by atoms with Crippen LogP contribution < -0.4 is 67.7 Å². The minimum absolute atomic E-state index is 0.155. The van der Waals surface area contributed by atoms with Crippen molar-refractivity contribution < 1.29 is 0 Å². The van der Waals surface area contributed by atoms with E-state index in [2.05, 4.69) is 378 Å². The molecule has 422 valence electrons. The van der Waals surface area contributed by atoms with Crippen LogP contribution in [-0.2, 0) is 0 Å². The van der Waals surface area contributed by atoms with Crippen molar-refractivity contribution in [2.45, 2.75) is 0 Å². The highest BCUT2D eigenvalue weighted by Gasteiger charge is 2.48. The molecule has 3 heterocycles. The molecule has 0 bridgehead atoms. The fraction of sp³-hybridized carbons (Fsp3) is 0. The monoisotopic (exact) mass is 1180 g/mol. The van der Waals surface area contributed by atoms with Gasteiger partial charge >= 0.3 is 0 Å². The molecule has 0 N–H and O–H groups in total. The van der Waals surface area contributed by atoms with Crippen molar-refractivity contribution >= 4 is 137 Å². The van der Waals surface area contributed by atoms with Gasteiger partial charge in [-0.15, -0.1) is 0 Å². The Morgan fingerprint density at radius 3 is 1.04 bits per heavy atom. The molecule has 14 aromatic carbocycles. The minimum Gasteiger partial charge on any atom is -0.311 e. The van der Waals surface area contributed by atoms with Crippen molar-refractivity contribution in [2.75, 3.05) is 9.80 Å². The number of benzene rings is 14. The zero-order valence-electron chi connectivity index (χ0n) is 49.6. The van der Waals surface area contributed by atoms with Gasteiger partial charge in [0.2, 0.25) is 0 Å². The maximum absolute atomic E-state index is 3.10. The Bertz CT molecular complexity index is 4880. The summed E-state index contributed by atoms with van der Waals surface area (Å²) in [6, 6.07) is 138. The molecule has 0 radical (unpaired) electrons. The molecule has 1 aromatic heterocycles. The van der Waals surface area contributed by atoms with Gasteiger partial charge in [0.25, 0.3) is 6.71 Å². The summed E-state index contributed by atoms with van der Waals surface area (Å²) in [7, 11) is -6.16. The summed E-state index contributed by atoms with van der Waals surface area (Å²) in [6.45, 7) is -0.155. The Balaban J connectivity index is 1.03. The van der Waals surface area contributed by atoms with Crippen molar-refractivity contribution in [1.82, 2.24) is 4.57 Å². The van der Waals surface area contributed by atoms with E-state index in [1.54, 1.807) is 0 Å². The fourth-order valence-corrected chi connectivity index (χ4v) is 25.0. The third-order valence-electron chi connectivity index (χ3n) is 19.2. The van der Waals surface area contributed by atoms with Crippen molar-refractivity contribution in [1.29, 1.82) is 0 Å². The SMILES string of the molecule is c1ccc(-c2ccc3c(c2)N(c2ccccc2)c2cc(-n4c5ccccc5c5ccccc54)cc4c2B3c2ccc([Si](c3ccccc3)(c3ccccc3)c3ccccc3)cc2N4c2cccc([Si](c3ccccc3)(c3ccccc3)c3ccccc3)c2)cc1. The lowest BCUT2D eigenvalue weighted by Gasteiger charge is -2.45. The molecule has 0 amide bonds. The summed E-state index contributed by atoms with van der Waals surface area (Å²) >= 11 is 0. The van der Waals surface area contributed by atoms with Gasteiger partial charge in [0.15, 0.2) is 16.1 Å². The van der Waals surface area contributed by atoms with E-state index in [0.29, 0.717) is 0 Å². The first-order valence-corrected chi connectivity index (χ1v) is 35.3. The Labute approximate surface area is 528 Å². The van der Waals surface area contributed by atoms with E-state index >= 15 is 0 Å². The van der Waals surface area contributed by atoms with Gasteiger partial charge in [0.1, 0.15) is 0 Å². The van der Waals surface area contributed by atoms with Crippen LogP contribution in [0.5, 0.6) is 0 Å². The van der Waals surface area contributed by atoms with Crippen molar-refractivity contribution in [3.05, 3.63) is 364 Å². The maximum Gasteiger partial charge on any atom is 0.252 e. The molecule has 0 aliphatic carbocycles. The number of aromatic nitrogens is 1. The molecule has 0 unspecified atom stereocenters. The lowest BCUT2D eigenvalue weighted by atomic mass is 9.33. The molecule has 0 spiro atoms. The second-order valence-corrected chi connectivity index (χ2v) is 31.5. The van der Waals surface area contributed by atoms with E-state index in [1.807, 2.05) is 0 Å². The van der Waals surface area contributed by atoms with Crippen molar-refractivity contribution in [3.63, 3.8) is 0 Å². The Morgan fingerprint density at radius 1 is 0.222 bits per heavy atom. The number of anilines is 6. The lowest BCUT2D eigenvalue weighted by Crippen LogP contribution is -2.75. The summed E-state index contributed by atoms with van der Waals surface area (Å²) in [6.07, 6.45) is 0. The highest BCUT2D eigenvalue weighted by atomic mass is 28.3. The standard InChI is InChI=1S/C84H60BN3Si2/c1-9-30-61(31-10-1)62-52-54-76-80(56-62)86(63-32-11-2-12-33-63)82-58-65(88-78-50-27-25-48-74(78)75-49-26-28-51-79(75)88)59-83-84(82)85(76)77-55-53-73(90(69-41-19-6-20-42-69,70-43-21-7-22-44-70)71-45-23-8-24-46-71)60-81(77)87(83)64-34-29-47-72(57-64)89(66-35-13-3-14-36-66,67-37-15-4-16-38-67)68-39-17-5-18-40-68/h1-60H. The second-order valence-electron chi connectivity index (χ2n) is 23.9. The topological polar surface area (TPSA) is 11.4 Å². The lowest BCUT2D eigenvalue weighted by molar-refractivity contribution is 1.16. The van der Waals surface area contributed by atoms with Gasteiger partial charge in [-0.25, -0.2) is 0 Å². The fourth-order valence-electron chi connectivity index (χ4n) is 15.5. The van der Waals surface area contributed by atoms with Crippen LogP contribution in [0, 0.1) is 0 Å². The van der Waals surface area contributed by atoms with Gasteiger partial charge in [0.05, 0.1) is 16.7 Å². The van der Waals surface area contributed by atoms with Gasteiger partial charge in [-0.05, 0) is 130 Å². The summed E-state index contributed by atoms with van der Waals surface area (Å²) in [5.41, 5.74) is 16.4. The quantitative estimate of drug-likeness (QED) is 0.0892. The minimum atomic E-state index is -3.10. The van der Waals surface area contributed by atoms with Crippen LogP contribution in [-0.4, -0.2) is 27.4 Å². The van der Waals surface area contributed by atoms with Crippen LogP contribution in [0.2, 0.25) is 0 Å². The number of hydrogen-bond donors (Lipinski definition) is 0. The van der Waals surface area contributed by atoms with E-state index < -0.39 is 16.1 Å². The molecule has 0 saturated carbocycles. The van der Waals surface area contributed by atoms with Gasteiger partial charge < -0.3 is 14.4 Å². The van der Waals surface area contributed by atoms with Crippen molar-refractivity contribution in [3.8, 4) is 16.8 Å². The molecule has 15 aromatic rings. The average molecular weight is 1180 g/mol. The van der Waals surface area contributed by atoms with Crippen LogP contribution in [0.15, 0.2) is 364 Å². The summed E-state index contributed by atoms with van der Waals surface area (Å²) < 4.78 is 2.52. The van der Waals surface area contributed by atoms with Gasteiger partial charge in [-0.2, -0.15) is 0 Å². The van der Waals surface area contributed by atoms with Crippen LogP contribution in [0.25, 0.3) is 38.6 Å². The highest BCUT2D eigenvalue weighted by molar-refractivity contribution is 7.20. The molecule has 2 aliphatic heterocycles. The van der Waals surface area contributed by atoms with Crippen LogP contribution in [0.1, 0.15) is 0 Å². The Kier molecular flexibility index (Phi) is 13.0. The molecule has 6 heteroatoms. The van der Waals surface area contributed by atoms with Crippen LogP contribution >= 0.6 is 0 Å². The van der Waals surface area contributed by atoms with Gasteiger partial charge in [0, 0.05) is 44.9 Å². The summed E-state index contributed by atoms with van der Waals surface area (Å²) in [5, 5.41) is 13.1. The second kappa shape index (κ2) is 22.0.